The third kappa shape index (κ3) is 5.06. The van der Waals surface area contributed by atoms with Crippen LogP contribution in [0.15, 0.2) is 60.9 Å². The molecule has 0 saturated heterocycles. The van der Waals surface area contributed by atoms with E-state index in [-0.39, 0.29) is 6.04 Å². The summed E-state index contributed by atoms with van der Waals surface area (Å²) >= 11 is 0. The Labute approximate surface area is 93.6 Å². The fourth-order valence-corrected chi connectivity index (χ4v) is 1.24. The van der Waals surface area contributed by atoms with Crippen LogP contribution < -0.4 is 5.32 Å². The maximum atomic E-state index is 3.70. The van der Waals surface area contributed by atoms with Crippen molar-refractivity contribution in [2.45, 2.75) is 26.8 Å². The lowest BCUT2D eigenvalue weighted by atomic mass is 10.0. The van der Waals surface area contributed by atoms with Gasteiger partial charge >= 0.3 is 0 Å². The van der Waals surface area contributed by atoms with E-state index in [1.807, 2.05) is 57.4 Å². The lowest BCUT2D eigenvalue weighted by molar-refractivity contribution is 0.801. The van der Waals surface area contributed by atoms with Gasteiger partial charge in [0, 0.05) is 0 Å². The Morgan fingerprint density at radius 3 is 2.53 bits per heavy atom. The van der Waals surface area contributed by atoms with Crippen molar-refractivity contribution < 1.29 is 0 Å². The van der Waals surface area contributed by atoms with E-state index in [0.717, 1.165) is 0 Å². The van der Waals surface area contributed by atoms with E-state index < -0.39 is 0 Å². The topological polar surface area (TPSA) is 12.0 Å². The summed E-state index contributed by atoms with van der Waals surface area (Å²) in [6.45, 7) is 9.71. The molecule has 1 rings (SSSR count). The molecule has 0 bridgehead atoms. The molecular weight excluding hydrogens is 182 g/mol. The fourth-order valence-electron chi connectivity index (χ4n) is 1.24. The first-order valence-electron chi connectivity index (χ1n) is 5.43. The molecule has 0 aliphatic carbocycles. The summed E-state index contributed by atoms with van der Waals surface area (Å²) in [6, 6.07) is 0.277. The van der Waals surface area contributed by atoms with Gasteiger partial charge in [0.15, 0.2) is 0 Å². The summed E-state index contributed by atoms with van der Waals surface area (Å²) < 4.78 is 0. The van der Waals surface area contributed by atoms with Crippen LogP contribution in [-0.4, -0.2) is 6.04 Å². The molecule has 1 aliphatic rings. The molecule has 15 heavy (non-hydrogen) atoms. The number of allylic oxidation sites excluding steroid dienone is 5. The second-order valence-electron chi connectivity index (χ2n) is 2.79. The van der Waals surface area contributed by atoms with Crippen molar-refractivity contribution in [3.05, 3.63) is 60.9 Å². The van der Waals surface area contributed by atoms with Crippen LogP contribution in [0.5, 0.6) is 0 Å². The molecule has 0 aromatic heterocycles. The summed E-state index contributed by atoms with van der Waals surface area (Å²) in [5.41, 5.74) is 1.22. The van der Waals surface area contributed by atoms with Crippen LogP contribution >= 0.6 is 0 Å². The van der Waals surface area contributed by atoms with Crippen LogP contribution in [0.4, 0.5) is 0 Å². The molecule has 1 heterocycles. The highest BCUT2D eigenvalue weighted by atomic mass is 14.9. The largest absolute Gasteiger partial charge is 0.381 e. The van der Waals surface area contributed by atoms with E-state index in [9.17, 15) is 0 Å². The molecule has 1 unspecified atom stereocenters. The third-order valence-electron chi connectivity index (χ3n) is 1.82. The van der Waals surface area contributed by atoms with Gasteiger partial charge in [-0.05, 0) is 24.8 Å². The number of dihydropyridines is 1. The molecule has 1 nitrogen and oxygen atoms in total. The Hall–Kier alpha value is -1.50. The molecule has 1 N–H and O–H groups in total. The maximum Gasteiger partial charge on any atom is 0.0695 e. The average Bonchev–Trinajstić information content (AvgIpc) is 2.33. The van der Waals surface area contributed by atoms with Gasteiger partial charge in [-0.15, -0.1) is 0 Å². The van der Waals surface area contributed by atoms with Crippen molar-refractivity contribution in [1.82, 2.24) is 5.32 Å². The van der Waals surface area contributed by atoms with Crippen molar-refractivity contribution in [2.24, 2.45) is 0 Å². The SMILES string of the molecule is C=C/C=C(\C=C/C)C1C=CC=CN1.CC. The van der Waals surface area contributed by atoms with Crippen molar-refractivity contribution in [2.75, 3.05) is 0 Å². The van der Waals surface area contributed by atoms with Crippen LogP contribution in [-0.2, 0) is 0 Å². The highest BCUT2D eigenvalue weighted by molar-refractivity contribution is 5.34. The molecular formula is C14H21N. The Morgan fingerprint density at radius 2 is 2.07 bits per heavy atom. The number of hydrogen-bond acceptors (Lipinski definition) is 1. The second-order valence-corrected chi connectivity index (χ2v) is 2.79. The molecule has 0 aromatic rings. The van der Waals surface area contributed by atoms with Gasteiger partial charge in [-0.1, -0.05) is 56.9 Å². The molecule has 1 aliphatic heterocycles. The summed E-state index contributed by atoms with van der Waals surface area (Å²) in [7, 11) is 0. The number of rotatable bonds is 3. The first-order chi connectivity index (χ1) is 7.38. The monoisotopic (exact) mass is 203 g/mol. The minimum Gasteiger partial charge on any atom is -0.381 e. The van der Waals surface area contributed by atoms with Crippen LogP contribution in [0, 0.1) is 0 Å². The Kier molecular flexibility index (Phi) is 8.16. The first kappa shape index (κ1) is 13.5. The highest BCUT2D eigenvalue weighted by Gasteiger charge is 2.06. The fraction of sp³-hybridized carbons (Fsp3) is 0.286. The Bertz CT molecular complexity index is 280. The lowest BCUT2D eigenvalue weighted by Gasteiger charge is -2.16. The van der Waals surface area contributed by atoms with Gasteiger partial charge in [0.25, 0.3) is 0 Å². The van der Waals surface area contributed by atoms with Crippen molar-refractivity contribution in [3.63, 3.8) is 0 Å². The molecule has 1 atom stereocenters. The molecule has 1 heteroatoms. The molecule has 0 aromatic carbocycles. The van der Waals surface area contributed by atoms with E-state index in [2.05, 4.69) is 24.0 Å². The van der Waals surface area contributed by atoms with E-state index >= 15 is 0 Å². The van der Waals surface area contributed by atoms with Gasteiger partial charge in [0.1, 0.15) is 0 Å². The molecule has 0 radical (unpaired) electrons. The van der Waals surface area contributed by atoms with Gasteiger partial charge in [-0.3, -0.25) is 0 Å². The van der Waals surface area contributed by atoms with E-state index in [4.69, 9.17) is 0 Å². The van der Waals surface area contributed by atoms with E-state index in [1.54, 1.807) is 0 Å². The molecule has 0 fully saturated rings. The van der Waals surface area contributed by atoms with E-state index in [0.29, 0.717) is 0 Å². The van der Waals surface area contributed by atoms with Gasteiger partial charge in [0.05, 0.1) is 6.04 Å². The normalized spacial score (nSPS) is 19.4. The summed E-state index contributed by atoms with van der Waals surface area (Å²) in [4.78, 5) is 0. The Balaban J connectivity index is 0.000000921. The molecule has 0 amide bonds. The van der Waals surface area contributed by atoms with Crippen molar-refractivity contribution >= 4 is 0 Å². The lowest BCUT2D eigenvalue weighted by Crippen LogP contribution is -2.24. The minimum absolute atomic E-state index is 0.277. The van der Waals surface area contributed by atoms with Crippen LogP contribution in [0.25, 0.3) is 0 Å². The molecule has 0 spiro atoms. The Morgan fingerprint density at radius 1 is 1.33 bits per heavy atom. The quantitative estimate of drug-likeness (QED) is 0.689. The first-order valence-corrected chi connectivity index (χ1v) is 5.43. The summed E-state index contributed by atoms with van der Waals surface area (Å²) in [5.74, 6) is 0. The highest BCUT2D eigenvalue weighted by Crippen LogP contribution is 2.09. The average molecular weight is 203 g/mol. The van der Waals surface area contributed by atoms with Crippen LogP contribution in [0.2, 0.25) is 0 Å². The number of hydrogen-bond donors (Lipinski definition) is 1. The summed E-state index contributed by atoms with van der Waals surface area (Å²) in [5, 5.41) is 3.25. The smallest absolute Gasteiger partial charge is 0.0695 e. The van der Waals surface area contributed by atoms with Crippen LogP contribution in [0.1, 0.15) is 20.8 Å². The zero-order chi connectivity index (χ0) is 11.5. The van der Waals surface area contributed by atoms with Gasteiger partial charge in [0.2, 0.25) is 0 Å². The van der Waals surface area contributed by atoms with Crippen LogP contribution in [0.3, 0.4) is 0 Å². The van der Waals surface area contributed by atoms with Gasteiger partial charge in [-0.25, -0.2) is 0 Å². The summed E-state index contributed by atoms with van der Waals surface area (Å²) in [6.07, 6.45) is 16.0. The maximum absolute atomic E-state index is 3.70. The zero-order valence-electron chi connectivity index (χ0n) is 9.90. The van der Waals surface area contributed by atoms with Gasteiger partial charge < -0.3 is 5.32 Å². The predicted octanol–water partition coefficient (Wildman–Crippen LogP) is 3.74. The van der Waals surface area contributed by atoms with Crippen molar-refractivity contribution in [3.8, 4) is 0 Å². The second kappa shape index (κ2) is 9.07. The zero-order valence-corrected chi connectivity index (χ0v) is 9.90. The molecule has 82 valence electrons. The standard InChI is InChI=1S/C12H15N.C2H6/c1-3-7-11(8-4-2)12-9-5-6-10-13-12;1-2/h3-10,12-13H,1H2,2H3;1-2H3/b8-4-,11-7+;. The van der Waals surface area contributed by atoms with E-state index in [1.165, 1.54) is 5.57 Å². The third-order valence-corrected chi connectivity index (χ3v) is 1.82. The predicted molar refractivity (Wildman–Crippen MR) is 69.6 cm³/mol. The number of nitrogens with one attached hydrogen (secondary N) is 1. The van der Waals surface area contributed by atoms with Crippen molar-refractivity contribution in [1.29, 1.82) is 0 Å². The van der Waals surface area contributed by atoms with Gasteiger partial charge in [-0.2, -0.15) is 0 Å². The minimum atomic E-state index is 0.277. The molecule has 0 saturated carbocycles.